The standard InChI is InChI=1S/C26H29N9O3.C23H22N8O3.C22H20N8O3/c1-2-3-14-29-24-23(33-38-34-24)25-31-19-9-4-5-10-20(19)35(25)16-21(36)17-11-12-22(30-15-17)32-26(37)18(28)8-6-7-13-27;1-3-4-11-25-21-20(29-34-30-21)22-27-16-7-5-6-8-17(16)31(22)13-18(32)15-9-10-19(26-12-15)28-23(33)14(2)24;1-2-3-10-24-21-20(28-33-29-21)22-26-15-6-4-5-7-16(15)30(22)13-17(31)14-8-9-18(25-12-14)27-19(32)11-23/h1,4-5,9-12,15,18H,3,6-8,13-14,16,27-28H2,(H,29,34)(H,30,32,37);1,5-10,12,14H,4,11,13,24H2,2H3,(H,25,30)(H,26,28,33);1,4-9,12H,3,10-11,13,23H2,(H,24,29)(H,25,27,32)/t18-;14-;/m00./s1. The van der Waals surface area contributed by atoms with E-state index >= 15 is 0 Å². The van der Waals surface area contributed by atoms with Gasteiger partial charge in [-0.05, 0) is 130 Å². The number of hydrogen-bond donors (Lipinski definition) is 10. The van der Waals surface area contributed by atoms with Gasteiger partial charge in [0, 0.05) is 74.2 Å². The lowest BCUT2D eigenvalue weighted by atomic mass is 10.1. The normalized spacial score (nSPS) is 11.4. The zero-order valence-electron chi connectivity index (χ0n) is 56.6. The van der Waals surface area contributed by atoms with Gasteiger partial charge in [-0.25, -0.2) is 43.8 Å². The molecule has 9 heterocycles. The number of benzene rings is 3. The Morgan fingerprint density at radius 1 is 0.467 bits per heavy atom. The van der Waals surface area contributed by atoms with Gasteiger partial charge in [-0.15, -0.1) is 37.0 Å². The van der Waals surface area contributed by atoms with Crippen LogP contribution in [0.2, 0.25) is 0 Å². The Hall–Kier alpha value is -13.7. The molecule has 12 aromatic rings. The SMILES string of the molecule is C#CCCNc1nonc1-c1nc2ccccc2n1CC(=O)c1ccc(NC(=O)CN)nc1.C#CCCNc1nonc1-c1nc2ccccc2n1CC(=O)c1ccc(NC(=O)[C@@H](N)CCCCN)nc1.C#CCCNc1nonc1-c1nc2ccccc2n1CC(=O)c1ccc(NC(=O)[C@H](C)N)nc1. The van der Waals surface area contributed by atoms with Gasteiger partial charge in [0.1, 0.15) is 17.5 Å². The molecule has 2 atom stereocenters. The number of carbonyl (C=O) groups is 6. The quantitative estimate of drug-likeness (QED) is 0.0136. The number of ketones is 3. The lowest BCUT2D eigenvalue weighted by Crippen LogP contribution is -2.35. The molecule has 534 valence electrons. The topological polar surface area (TPSA) is 488 Å². The fourth-order valence-electron chi connectivity index (χ4n) is 10.3. The molecule has 14 N–H and O–H groups in total. The minimum atomic E-state index is -0.673. The molecule has 0 bridgehead atoms. The van der Waals surface area contributed by atoms with Gasteiger partial charge in [0.15, 0.2) is 51.9 Å². The number of fused-ring (bicyclic) bond motifs is 3. The van der Waals surface area contributed by atoms with Crippen molar-refractivity contribution in [3.05, 3.63) is 144 Å². The first-order valence-corrected chi connectivity index (χ1v) is 32.8. The third kappa shape index (κ3) is 18.8. The van der Waals surface area contributed by atoms with E-state index in [1.54, 1.807) is 57.0 Å². The molecule has 105 heavy (non-hydrogen) atoms. The lowest BCUT2D eigenvalue weighted by Gasteiger charge is -2.12. The molecule has 3 amide bonds. The van der Waals surface area contributed by atoms with Gasteiger partial charge >= 0.3 is 0 Å². The van der Waals surface area contributed by atoms with Crippen molar-refractivity contribution in [3.63, 3.8) is 0 Å². The van der Waals surface area contributed by atoms with Crippen molar-refractivity contribution in [3.8, 4) is 71.6 Å². The molecular weight excluding hydrogens is 1350 g/mol. The van der Waals surface area contributed by atoms with Crippen LogP contribution < -0.4 is 54.8 Å². The number of hydrogen-bond acceptors (Lipinski definition) is 28. The van der Waals surface area contributed by atoms with E-state index in [1.807, 2.05) is 72.8 Å². The van der Waals surface area contributed by atoms with E-state index < -0.39 is 12.1 Å². The Morgan fingerprint density at radius 3 is 1.14 bits per heavy atom. The van der Waals surface area contributed by atoms with Crippen LogP contribution in [0, 0.1) is 37.0 Å². The molecule has 12 rings (SSSR count). The Bertz CT molecular complexity index is 5150. The maximum Gasteiger partial charge on any atom is 0.242 e. The average Bonchev–Trinajstić information content (AvgIpc) is 1.64. The molecule has 3 aromatic carbocycles. The van der Waals surface area contributed by atoms with Crippen LogP contribution in [0.15, 0.2) is 142 Å². The molecule has 9 aromatic heterocycles. The van der Waals surface area contributed by atoms with Crippen molar-refractivity contribution in [2.75, 3.05) is 64.6 Å². The molecule has 0 aliphatic rings. The molecule has 0 aliphatic heterocycles. The van der Waals surface area contributed by atoms with Crippen molar-refractivity contribution < 1.29 is 42.7 Å². The van der Waals surface area contributed by atoms with Crippen LogP contribution in [-0.2, 0) is 34.0 Å². The first-order chi connectivity index (χ1) is 51.1. The number of imidazole rings is 3. The minimum absolute atomic E-state index is 0.0251. The van der Waals surface area contributed by atoms with E-state index in [9.17, 15) is 28.8 Å². The van der Waals surface area contributed by atoms with Gasteiger partial charge in [-0.2, -0.15) is 0 Å². The van der Waals surface area contributed by atoms with Gasteiger partial charge in [-0.3, -0.25) is 28.8 Å². The number of aromatic nitrogens is 15. The van der Waals surface area contributed by atoms with Crippen LogP contribution in [0.5, 0.6) is 0 Å². The van der Waals surface area contributed by atoms with Crippen molar-refractivity contribution in [1.29, 1.82) is 0 Å². The lowest BCUT2D eigenvalue weighted by molar-refractivity contribution is -0.118. The number of amides is 3. The van der Waals surface area contributed by atoms with Crippen LogP contribution in [0.3, 0.4) is 0 Å². The Morgan fingerprint density at radius 2 is 0.819 bits per heavy atom. The smallest absolute Gasteiger partial charge is 0.242 e. The second kappa shape index (κ2) is 36.1. The molecular formula is C71H71N25O9. The predicted octanol–water partition coefficient (Wildman–Crippen LogP) is 5.98. The molecule has 34 heteroatoms. The fourth-order valence-corrected chi connectivity index (χ4v) is 10.3. The number of pyridine rings is 3. The number of unbranched alkanes of at least 4 members (excludes halogenated alkanes) is 1. The number of Topliss-reactive ketones (excluding diaryl/α,β-unsaturated/α-hetero) is 3. The molecule has 0 spiro atoms. The molecule has 34 nitrogen and oxygen atoms in total. The summed E-state index contributed by atoms with van der Waals surface area (Å²) in [7, 11) is 0. The summed E-state index contributed by atoms with van der Waals surface area (Å²) in [5.74, 6) is 9.29. The first kappa shape index (κ1) is 74.0. The van der Waals surface area contributed by atoms with Gasteiger partial charge in [0.05, 0.1) is 71.4 Å². The number of carbonyl (C=O) groups excluding carboxylic acids is 6. The second-order valence-corrected chi connectivity index (χ2v) is 23.0. The van der Waals surface area contributed by atoms with E-state index in [0.29, 0.717) is 155 Å². The van der Waals surface area contributed by atoms with Crippen LogP contribution in [-0.4, -0.2) is 154 Å². The number of nitrogens with two attached hydrogens (primary N) is 4. The second-order valence-electron chi connectivity index (χ2n) is 23.0. The van der Waals surface area contributed by atoms with Gasteiger partial charge in [0.25, 0.3) is 0 Å². The molecule has 0 saturated heterocycles. The Labute approximate surface area is 598 Å². The van der Waals surface area contributed by atoms with Gasteiger partial charge in [0.2, 0.25) is 35.2 Å². The molecule has 0 radical (unpaired) electrons. The molecule has 0 unspecified atom stereocenters. The Balaban J connectivity index is 0.000000169. The zero-order chi connectivity index (χ0) is 74.2. The van der Waals surface area contributed by atoms with E-state index in [2.05, 4.69) is 111 Å². The number of rotatable bonds is 31. The van der Waals surface area contributed by atoms with Crippen molar-refractivity contribution in [1.82, 2.24) is 74.5 Å². The molecule has 0 aliphatic carbocycles. The maximum atomic E-state index is 13.3. The van der Waals surface area contributed by atoms with Crippen LogP contribution >= 0.6 is 0 Å². The highest BCUT2D eigenvalue weighted by Crippen LogP contribution is 2.32. The largest absolute Gasteiger partial charge is 0.364 e. The number of terminal acetylenes is 3. The van der Waals surface area contributed by atoms with Crippen molar-refractivity contribution >= 4 is 103 Å². The molecule has 0 saturated carbocycles. The number of nitrogens with one attached hydrogen (secondary N) is 6. The highest BCUT2D eigenvalue weighted by molar-refractivity contribution is 6.01. The monoisotopic (exact) mass is 1420 g/mol. The summed E-state index contributed by atoms with van der Waals surface area (Å²) < 4.78 is 20.0. The summed E-state index contributed by atoms with van der Waals surface area (Å²) in [6, 6.07) is 30.4. The van der Waals surface area contributed by atoms with Crippen LogP contribution in [0.4, 0.5) is 34.9 Å². The number of para-hydroxylation sites is 6. The zero-order valence-corrected chi connectivity index (χ0v) is 56.6. The summed E-state index contributed by atoms with van der Waals surface area (Å²) in [5, 5.41) is 40.8. The van der Waals surface area contributed by atoms with E-state index in [0.717, 1.165) is 29.4 Å². The maximum absolute atomic E-state index is 13.3. The third-order valence-electron chi connectivity index (χ3n) is 15.6. The first-order valence-electron chi connectivity index (χ1n) is 32.8. The average molecular weight is 1420 g/mol. The summed E-state index contributed by atoms with van der Waals surface area (Å²) in [6.07, 6.45) is 23.8. The third-order valence-corrected chi connectivity index (χ3v) is 15.6. The van der Waals surface area contributed by atoms with Gasteiger partial charge < -0.3 is 68.5 Å². The summed E-state index contributed by atoms with van der Waals surface area (Å²) in [5.41, 5.74) is 28.8. The summed E-state index contributed by atoms with van der Waals surface area (Å²) in [6.45, 7) is 3.32. The van der Waals surface area contributed by atoms with Gasteiger partial charge in [-0.1, -0.05) is 42.8 Å². The highest BCUT2D eigenvalue weighted by Gasteiger charge is 2.27. The highest BCUT2D eigenvalue weighted by atomic mass is 16.6. The summed E-state index contributed by atoms with van der Waals surface area (Å²) in [4.78, 5) is 101. The predicted molar refractivity (Wildman–Crippen MR) is 390 cm³/mol. The molecule has 0 fully saturated rings. The van der Waals surface area contributed by atoms with E-state index in [1.165, 1.54) is 18.6 Å². The fraction of sp³-hybridized carbons (Fsp3) is 0.239. The van der Waals surface area contributed by atoms with Crippen LogP contribution in [0.1, 0.15) is 76.5 Å². The van der Waals surface area contributed by atoms with Crippen LogP contribution in [0.25, 0.3) is 67.7 Å². The summed E-state index contributed by atoms with van der Waals surface area (Å²) >= 11 is 0. The number of anilines is 6. The van der Waals surface area contributed by atoms with Crippen molar-refractivity contribution in [2.45, 2.75) is 77.2 Å². The van der Waals surface area contributed by atoms with E-state index in [-0.39, 0.29) is 61.3 Å². The van der Waals surface area contributed by atoms with Crippen molar-refractivity contribution in [2.24, 2.45) is 22.9 Å². The van der Waals surface area contributed by atoms with E-state index in [4.69, 9.17) is 56.1 Å². The minimum Gasteiger partial charge on any atom is -0.364 e. The Kier molecular flexibility index (Phi) is 25.4. The number of nitrogens with zero attached hydrogens (tertiary/aromatic N) is 15.